The minimum absolute atomic E-state index is 0.0781. The number of hydrogen-bond donors (Lipinski definition) is 2. The molecular weight excluding hydrogens is 469 g/mol. The topological polar surface area (TPSA) is 120 Å². The summed E-state index contributed by atoms with van der Waals surface area (Å²) < 4.78 is 6.07. The van der Waals surface area contributed by atoms with E-state index in [9.17, 15) is 9.59 Å². The maximum Gasteiger partial charge on any atom is 0.347 e. The second-order valence-corrected chi connectivity index (χ2v) is 8.16. The Balaban J connectivity index is 1.58. The Morgan fingerprint density at radius 3 is 2.70 bits per heavy atom. The predicted molar refractivity (Wildman–Crippen MR) is 125 cm³/mol. The molecule has 168 valence electrons. The summed E-state index contributed by atoms with van der Waals surface area (Å²) >= 11 is 12.7. The lowest BCUT2D eigenvalue weighted by molar-refractivity contribution is -0.126. The van der Waals surface area contributed by atoms with Gasteiger partial charge in [-0.1, -0.05) is 29.8 Å². The number of benzene rings is 1. The van der Waals surface area contributed by atoms with Gasteiger partial charge in [0, 0.05) is 31.6 Å². The third kappa shape index (κ3) is 3.87. The first-order chi connectivity index (χ1) is 15.9. The van der Waals surface area contributed by atoms with Gasteiger partial charge in [0.1, 0.15) is 16.5 Å². The van der Waals surface area contributed by atoms with Gasteiger partial charge in [-0.2, -0.15) is 15.1 Å². The van der Waals surface area contributed by atoms with Gasteiger partial charge in [-0.15, -0.1) is 0 Å². The first kappa shape index (κ1) is 21.2. The smallest absolute Gasteiger partial charge is 0.347 e. The highest BCUT2D eigenvalue weighted by molar-refractivity contribution is 6.33. The number of hydrogen-bond acceptors (Lipinski definition) is 7. The lowest BCUT2D eigenvalue weighted by Crippen LogP contribution is -2.49. The number of rotatable bonds is 4. The van der Waals surface area contributed by atoms with Crippen molar-refractivity contribution in [1.29, 1.82) is 0 Å². The van der Waals surface area contributed by atoms with Crippen molar-refractivity contribution in [1.82, 2.24) is 30.0 Å². The number of H-pyrrole nitrogens is 2. The number of piperazine rings is 1. The Kier molecular flexibility index (Phi) is 5.39. The normalized spacial score (nSPS) is 14.1. The van der Waals surface area contributed by atoms with E-state index < -0.39 is 5.69 Å². The Morgan fingerprint density at radius 2 is 1.94 bits per heavy atom. The Morgan fingerprint density at radius 1 is 1.15 bits per heavy atom. The molecular formula is C21H17Cl2N7O3. The van der Waals surface area contributed by atoms with Crippen molar-refractivity contribution in [2.75, 3.05) is 31.1 Å². The highest BCUT2D eigenvalue weighted by Crippen LogP contribution is 2.38. The van der Waals surface area contributed by atoms with E-state index in [1.54, 1.807) is 29.3 Å². The van der Waals surface area contributed by atoms with E-state index in [2.05, 4.69) is 31.7 Å². The van der Waals surface area contributed by atoms with Gasteiger partial charge in [0.25, 0.3) is 0 Å². The molecule has 1 fully saturated rings. The largest absolute Gasteiger partial charge is 0.435 e. The van der Waals surface area contributed by atoms with Crippen LogP contribution >= 0.6 is 23.2 Å². The highest BCUT2D eigenvalue weighted by atomic mass is 35.5. The van der Waals surface area contributed by atoms with Crippen LogP contribution in [-0.2, 0) is 4.79 Å². The van der Waals surface area contributed by atoms with Gasteiger partial charge in [-0.25, -0.2) is 4.79 Å². The molecule has 1 aliphatic heterocycles. The molecule has 0 aliphatic carbocycles. The van der Waals surface area contributed by atoms with E-state index in [1.807, 2.05) is 4.90 Å². The summed E-state index contributed by atoms with van der Waals surface area (Å²) in [5, 5.41) is 8.59. The number of aromatic nitrogens is 5. The zero-order chi connectivity index (χ0) is 23.1. The van der Waals surface area contributed by atoms with Crippen molar-refractivity contribution in [3.8, 4) is 11.6 Å². The van der Waals surface area contributed by atoms with Gasteiger partial charge in [0.05, 0.1) is 22.1 Å². The number of fused-ring (bicyclic) bond motifs is 2. The monoisotopic (exact) mass is 485 g/mol. The number of nitrogens with zero attached hydrogens (tertiary/aromatic N) is 5. The Hall–Kier alpha value is -3.63. The number of aromatic amines is 2. The standard InChI is InChI=1S/C21H17Cl2N7O3/c1-2-16(31)29-5-7-30(8-6-29)19-11-9-15(23)25-20(17(11)26-21(32)27-19)33-18-12-10-24-28-14(12)4-3-13(18)22/h2-4,9-10H,1,5-8H2,(H,24,28)(H,26,27,32). The van der Waals surface area contributed by atoms with Crippen LogP contribution in [0, 0.1) is 0 Å². The molecule has 0 unspecified atom stereocenters. The third-order valence-electron chi connectivity index (χ3n) is 5.43. The van der Waals surface area contributed by atoms with Crippen molar-refractivity contribution < 1.29 is 9.53 Å². The molecule has 3 aromatic heterocycles. The molecule has 0 atom stereocenters. The second kappa shape index (κ2) is 8.38. The molecule has 0 radical (unpaired) electrons. The van der Waals surface area contributed by atoms with Gasteiger partial charge in [0.15, 0.2) is 5.75 Å². The van der Waals surface area contributed by atoms with Crippen molar-refractivity contribution >= 4 is 56.7 Å². The van der Waals surface area contributed by atoms with Crippen molar-refractivity contribution in [3.05, 3.63) is 57.7 Å². The fraction of sp³-hybridized carbons (Fsp3) is 0.190. The summed E-state index contributed by atoms with van der Waals surface area (Å²) in [6.45, 7) is 5.45. The van der Waals surface area contributed by atoms with Crippen LogP contribution in [-0.4, -0.2) is 62.1 Å². The van der Waals surface area contributed by atoms with E-state index in [0.29, 0.717) is 59.1 Å². The van der Waals surface area contributed by atoms with Crippen LogP contribution in [0.15, 0.2) is 41.8 Å². The van der Waals surface area contributed by atoms with Gasteiger partial charge in [-0.3, -0.25) is 9.89 Å². The minimum Gasteiger partial charge on any atom is -0.435 e. The summed E-state index contributed by atoms with van der Waals surface area (Å²) in [5.74, 6) is 0.705. The van der Waals surface area contributed by atoms with E-state index in [0.717, 1.165) is 5.52 Å². The van der Waals surface area contributed by atoms with Crippen LogP contribution in [0.2, 0.25) is 10.2 Å². The number of ether oxygens (including phenoxy) is 1. The molecule has 4 aromatic rings. The zero-order valence-corrected chi connectivity index (χ0v) is 18.7. The summed E-state index contributed by atoms with van der Waals surface area (Å²) in [7, 11) is 0. The van der Waals surface area contributed by atoms with E-state index in [4.69, 9.17) is 27.9 Å². The molecule has 5 rings (SSSR count). The number of anilines is 1. The molecule has 0 bridgehead atoms. The fourth-order valence-corrected chi connectivity index (χ4v) is 4.22. The average Bonchev–Trinajstić information content (AvgIpc) is 3.29. The summed E-state index contributed by atoms with van der Waals surface area (Å²) in [6.07, 6.45) is 2.88. The number of carbonyl (C=O) groups is 1. The molecule has 0 spiro atoms. The second-order valence-electron chi connectivity index (χ2n) is 7.36. The van der Waals surface area contributed by atoms with Crippen molar-refractivity contribution in [3.63, 3.8) is 0 Å². The maximum atomic E-state index is 12.5. The Labute approximate surface area is 196 Å². The zero-order valence-electron chi connectivity index (χ0n) is 17.1. The van der Waals surface area contributed by atoms with Crippen molar-refractivity contribution in [2.45, 2.75) is 0 Å². The first-order valence-electron chi connectivity index (χ1n) is 10.0. The van der Waals surface area contributed by atoms with Gasteiger partial charge >= 0.3 is 5.69 Å². The summed E-state index contributed by atoms with van der Waals surface area (Å²) in [6, 6.07) is 5.06. The van der Waals surface area contributed by atoms with Crippen LogP contribution in [0.4, 0.5) is 5.82 Å². The van der Waals surface area contributed by atoms with Gasteiger partial charge in [-0.05, 0) is 24.3 Å². The minimum atomic E-state index is -0.566. The molecule has 1 aromatic carbocycles. The average molecular weight is 486 g/mol. The number of pyridine rings is 1. The fourth-order valence-electron chi connectivity index (χ4n) is 3.83. The van der Waals surface area contributed by atoms with E-state index in [1.165, 1.54) is 6.08 Å². The quantitative estimate of drug-likeness (QED) is 0.336. The van der Waals surface area contributed by atoms with Crippen LogP contribution in [0.25, 0.3) is 21.8 Å². The van der Waals surface area contributed by atoms with Gasteiger partial charge < -0.3 is 19.5 Å². The van der Waals surface area contributed by atoms with Crippen LogP contribution in [0.3, 0.4) is 0 Å². The van der Waals surface area contributed by atoms with Crippen LogP contribution < -0.4 is 15.3 Å². The lowest BCUT2D eigenvalue weighted by Gasteiger charge is -2.35. The maximum absolute atomic E-state index is 12.5. The molecule has 10 nitrogen and oxygen atoms in total. The number of nitrogens with one attached hydrogen (secondary N) is 2. The van der Waals surface area contributed by atoms with Gasteiger partial charge in [0.2, 0.25) is 11.8 Å². The number of halogens is 2. The molecule has 12 heteroatoms. The van der Waals surface area contributed by atoms with E-state index in [-0.39, 0.29) is 16.9 Å². The van der Waals surface area contributed by atoms with Crippen LogP contribution in [0.1, 0.15) is 0 Å². The molecule has 1 amide bonds. The van der Waals surface area contributed by atoms with Crippen LogP contribution in [0.5, 0.6) is 11.6 Å². The first-order valence-corrected chi connectivity index (χ1v) is 10.8. The third-order valence-corrected chi connectivity index (χ3v) is 5.92. The molecule has 0 saturated carbocycles. The predicted octanol–water partition coefficient (Wildman–Crippen LogP) is 3.13. The number of amides is 1. The molecule has 1 aliphatic rings. The summed E-state index contributed by atoms with van der Waals surface area (Å²) in [5.41, 5.74) is 0.489. The Bertz CT molecular complexity index is 1460. The molecule has 1 saturated heterocycles. The highest BCUT2D eigenvalue weighted by Gasteiger charge is 2.24. The molecule has 4 heterocycles. The SMILES string of the molecule is C=CC(=O)N1CCN(c2nc(=O)[nH]c3c(Oc4c(Cl)ccc5[nH]ncc45)nc(Cl)cc23)CC1. The molecule has 2 N–H and O–H groups in total. The lowest BCUT2D eigenvalue weighted by atomic mass is 10.2. The summed E-state index contributed by atoms with van der Waals surface area (Å²) in [4.78, 5) is 39.1. The number of carbonyl (C=O) groups excluding carboxylic acids is 1. The molecule has 33 heavy (non-hydrogen) atoms. The van der Waals surface area contributed by atoms with E-state index >= 15 is 0 Å². The van der Waals surface area contributed by atoms with Crippen molar-refractivity contribution in [2.24, 2.45) is 0 Å².